The molecule has 0 unspecified atom stereocenters. The lowest BCUT2D eigenvalue weighted by atomic mass is 10.0. The van der Waals surface area contributed by atoms with E-state index in [0.717, 1.165) is 23.5 Å². The van der Waals surface area contributed by atoms with Gasteiger partial charge in [-0.15, -0.1) is 0 Å². The molecule has 28 heavy (non-hydrogen) atoms. The second-order valence-corrected chi connectivity index (χ2v) is 5.80. The third-order valence-electron chi connectivity index (χ3n) is 3.92. The van der Waals surface area contributed by atoms with E-state index in [-0.39, 0.29) is 0 Å². The molecule has 138 valence electrons. The summed E-state index contributed by atoms with van der Waals surface area (Å²) in [5.74, 6) is -0.215. The molecule has 0 N–H and O–H groups in total. The summed E-state index contributed by atoms with van der Waals surface area (Å²) in [5.41, 5.74) is 2.71. The molecule has 0 aliphatic carbocycles. The van der Waals surface area contributed by atoms with Crippen molar-refractivity contribution in [2.45, 2.75) is 0 Å². The van der Waals surface area contributed by atoms with Crippen molar-refractivity contribution in [2.24, 2.45) is 0 Å². The number of rotatable bonds is 6. The molecule has 0 radical (unpaired) electrons. The van der Waals surface area contributed by atoms with Crippen molar-refractivity contribution < 1.29 is 23.9 Å². The first kappa shape index (κ1) is 18.8. The van der Waals surface area contributed by atoms with Crippen molar-refractivity contribution in [3.05, 3.63) is 96.6 Å². The summed E-state index contributed by atoms with van der Waals surface area (Å²) in [6.45, 7) is 3.35. The van der Waals surface area contributed by atoms with E-state index in [0.29, 0.717) is 22.6 Å². The highest BCUT2D eigenvalue weighted by atomic mass is 16.5. The van der Waals surface area contributed by atoms with E-state index in [1.54, 1.807) is 60.7 Å². The monoisotopic (exact) mass is 372 g/mol. The number of hydrogen-bond donors (Lipinski definition) is 0. The van der Waals surface area contributed by atoms with Gasteiger partial charge in [-0.2, -0.15) is 0 Å². The average molecular weight is 372 g/mol. The standard InChI is InChI=1S/C23H16O5/c1-2-22(25)27-20-13-9-18(10-14-20)17-5-7-19(8-6-17)23(26)28-21-11-3-16(15-24)4-12-21/h2-15H,1H2. The molecule has 0 spiro atoms. The van der Waals surface area contributed by atoms with E-state index < -0.39 is 11.9 Å². The van der Waals surface area contributed by atoms with E-state index in [1.165, 1.54) is 0 Å². The summed E-state index contributed by atoms with van der Waals surface area (Å²) >= 11 is 0. The first-order chi connectivity index (χ1) is 13.6. The Morgan fingerprint density at radius 1 is 0.714 bits per heavy atom. The Bertz CT molecular complexity index is 1000. The Hall–Kier alpha value is -3.99. The normalized spacial score (nSPS) is 10.0. The molecule has 3 rings (SSSR count). The van der Waals surface area contributed by atoms with Crippen molar-refractivity contribution in [1.82, 2.24) is 0 Å². The van der Waals surface area contributed by atoms with Crippen LogP contribution >= 0.6 is 0 Å². The lowest BCUT2D eigenvalue weighted by Crippen LogP contribution is -2.08. The summed E-state index contributed by atoms with van der Waals surface area (Å²) in [6, 6.07) is 20.2. The van der Waals surface area contributed by atoms with Crippen LogP contribution in [0.2, 0.25) is 0 Å². The van der Waals surface area contributed by atoms with Crippen LogP contribution in [-0.2, 0) is 4.79 Å². The fourth-order valence-electron chi connectivity index (χ4n) is 2.45. The lowest BCUT2D eigenvalue weighted by Gasteiger charge is -2.07. The first-order valence-electron chi connectivity index (χ1n) is 8.41. The second-order valence-electron chi connectivity index (χ2n) is 5.80. The summed E-state index contributed by atoms with van der Waals surface area (Å²) in [6.07, 6.45) is 1.82. The summed E-state index contributed by atoms with van der Waals surface area (Å²) in [4.78, 5) is 34.1. The molecule has 0 saturated heterocycles. The number of ether oxygens (including phenoxy) is 2. The van der Waals surface area contributed by atoms with E-state index in [4.69, 9.17) is 9.47 Å². The fourth-order valence-corrected chi connectivity index (χ4v) is 2.45. The van der Waals surface area contributed by atoms with Gasteiger partial charge < -0.3 is 9.47 Å². The number of carbonyl (C=O) groups is 3. The van der Waals surface area contributed by atoms with E-state index >= 15 is 0 Å². The van der Waals surface area contributed by atoms with Crippen LogP contribution in [0.25, 0.3) is 11.1 Å². The van der Waals surface area contributed by atoms with Gasteiger partial charge in [-0.1, -0.05) is 30.8 Å². The Morgan fingerprint density at radius 3 is 1.75 bits per heavy atom. The molecular formula is C23H16O5. The molecule has 0 amide bonds. The van der Waals surface area contributed by atoms with Crippen LogP contribution in [0.15, 0.2) is 85.5 Å². The van der Waals surface area contributed by atoms with Crippen molar-refractivity contribution in [2.75, 3.05) is 0 Å². The molecule has 0 aliphatic rings. The Balaban J connectivity index is 1.68. The zero-order valence-electron chi connectivity index (χ0n) is 14.8. The SMILES string of the molecule is C=CC(=O)Oc1ccc(-c2ccc(C(=O)Oc3ccc(C=O)cc3)cc2)cc1. The Morgan fingerprint density at radius 2 is 1.21 bits per heavy atom. The molecule has 0 atom stereocenters. The highest BCUT2D eigenvalue weighted by Crippen LogP contribution is 2.23. The summed E-state index contributed by atoms with van der Waals surface area (Å²) in [5, 5.41) is 0. The van der Waals surface area contributed by atoms with Crippen molar-refractivity contribution >= 4 is 18.2 Å². The molecule has 5 heteroatoms. The predicted octanol–water partition coefficient (Wildman–Crippen LogP) is 4.48. The van der Waals surface area contributed by atoms with Gasteiger partial charge in [-0.25, -0.2) is 9.59 Å². The quantitative estimate of drug-likeness (QED) is 0.276. The average Bonchev–Trinajstić information content (AvgIpc) is 2.75. The van der Waals surface area contributed by atoms with Gasteiger partial charge in [0.2, 0.25) is 0 Å². The van der Waals surface area contributed by atoms with Crippen LogP contribution in [0, 0.1) is 0 Å². The largest absolute Gasteiger partial charge is 0.423 e. The molecule has 0 aromatic heterocycles. The maximum atomic E-state index is 12.2. The van der Waals surface area contributed by atoms with Gasteiger partial charge in [0.25, 0.3) is 0 Å². The van der Waals surface area contributed by atoms with Gasteiger partial charge >= 0.3 is 11.9 Å². The van der Waals surface area contributed by atoms with Crippen molar-refractivity contribution in [1.29, 1.82) is 0 Å². The number of aldehydes is 1. The minimum Gasteiger partial charge on any atom is -0.423 e. The Labute approximate surface area is 161 Å². The fraction of sp³-hybridized carbons (Fsp3) is 0. The highest BCUT2D eigenvalue weighted by Gasteiger charge is 2.09. The van der Waals surface area contributed by atoms with Crippen molar-refractivity contribution in [3.63, 3.8) is 0 Å². The molecule has 3 aromatic carbocycles. The van der Waals surface area contributed by atoms with Crippen LogP contribution in [0.3, 0.4) is 0 Å². The molecule has 0 aliphatic heterocycles. The molecule has 0 heterocycles. The molecule has 0 bridgehead atoms. The maximum absolute atomic E-state index is 12.2. The van der Waals surface area contributed by atoms with Crippen LogP contribution in [0.4, 0.5) is 0 Å². The van der Waals surface area contributed by atoms with Gasteiger partial charge in [0.1, 0.15) is 17.8 Å². The molecule has 3 aromatic rings. The van der Waals surface area contributed by atoms with E-state index in [2.05, 4.69) is 6.58 Å². The molecule has 0 fully saturated rings. The van der Waals surface area contributed by atoms with Gasteiger partial charge in [0.05, 0.1) is 5.56 Å². The summed E-state index contributed by atoms with van der Waals surface area (Å²) in [7, 11) is 0. The van der Waals surface area contributed by atoms with Crippen LogP contribution in [-0.4, -0.2) is 18.2 Å². The summed E-state index contributed by atoms with van der Waals surface area (Å²) < 4.78 is 10.3. The van der Waals surface area contributed by atoms with Crippen LogP contribution in [0.5, 0.6) is 11.5 Å². The van der Waals surface area contributed by atoms with Gasteiger partial charge in [0, 0.05) is 11.6 Å². The van der Waals surface area contributed by atoms with Crippen molar-refractivity contribution in [3.8, 4) is 22.6 Å². The van der Waals surface area contributed by atoms with Crippen LogP contribution < -0.4 is 9.47 Å². The van der Waals surface area contributed by atoms with Gasteiger partial charge in [0.15, 0.2) is 0 Å². The Kier molecular flexibility index (Phi) is 5.77. The number of benzene rings is 3. The third kappa shape index (κ3) is 4.59. The second kappa shape index (κ2) is 8.60. The number of hydrogen-bond acceptors (Lipinski definition) is 5. The number of carbonyl (C=O) groups excluding carboxylic acids is 3. The molecule has 0 saturated carbocycles. The first-order valence-corrected chi connectivity index (χ1v) is 8.41. The third-order valence-corrected chi connectivity index (χ3v) is 3.92. The van der Waals surface area contributed by atoms with E-state index in [1.807, 2.05) is 12.1 Å². The number of esters is 2. The molecule has 5 nitrogen and oxygen atoms in total. The van der Waals surface area contributed by atoms with Crippen LogP contribution in [0.1, 0.15) is 20.7 Å². The minimum atomic E-state index is -0.517. The zero-order chi connectivity index (χ0) is 19.9. The van der Waals surface area contributed by atoms with E-state index in [9.17, 15) is 14.4 Å². The van der Waals surface area contributed by atoms with Gasteiger partial charge in [-0.05, 0) is 59.7 Å². The topological polar surface area (TPSA) is 69.7 Å². The zero-order valence-corrected chi connectivity index (χ0v) is 14.8. The predicted molar refractivity (Wildman–Crippen MR) is 104 cm³/mol. The molecular weight excluding hydrogens is 356 g/mol. The highest BCUT2D eigenvalue weighted by molar-refractivity contribution is 5.91. The minimum absolute atomic E-state index is 0.365. The lowest BCUT2D eigenvalue weighted by molar-refractivity contribution is -0.128. The van der Waals surface area contributed by atoms with Gasteiger partial charge in [-0.3, -0.25) is 4.79 Å². The maximum Gasteiger partial charge on any atom is 0.343 e. The smallest absolute Gasteiger partial charge is 0.343 e.